The minimum absolute atomic E-state index is 0. The van der Waals surface area contributed by atoms with Crippen LogP contribution >= 0.6 is 12.4 Å². The number of hydrogen-bond acceptors (Lipinski definition) is 3. The molecule has 0 radical (unpaired) electrons. The normalized spacial score (nSPS) is 12.0. The van der Waals surface area contributed by atoms with E-state index in [1.165, 1.54) is 31.2 Å². The van der Waals surface area contributed by atoms with Gasteiger partial charge in [-0.25, -0.2) is 0 Å². The van der Waals surface area contributed by atoms with Crippen molar-refractivity contribution in [2.45, 2.75) is 59.0 Å². The molecule has 0 heterocycles. The maximum atomic E-state index is 10.4. The minimum Gasteiger partial charge on any atom is -0.494 e. The van der Waals surface area contributed by atoms with Gasteiger partial charge in [0.15, 0.2) is 0 Å². The standard InChI is InChI=1S/C19H33NO2.ClH/c1-4-7-13-20(14-8-5-2)16-18(21)15-17-9-11-19(12-10-17)22-6-3;/h9-12,18,21H,4-8,13-16H2,1-3H3;1H. The summed E-state index contributed by atoms with van der Waals surface area (Å²) in [5.41, 5.74) is 1.17. The molecule has 0 aromatic heterocycles. The minimum atomic E-state index is -0.299. The van der Waals surface area contributed by atoms with E-state index in [1.807, 2.05) is 19.1 Å². The predicted octanol–water partition coefficient (Wildman–Crippen LogP) is 4.31. The number of unbranched alkanes of at least 4 members (excludes halogenated alkanes) is 2. The Hall–Kier alpha value is -0.770. The maximum absolute atomic E-state index is 10.4. The second-order valence-corrected chi connectivity index (χ2v) is 5.94. The Kier molecular flexibility index (Phi) is 13.2. The molecular formula is C19H34ClNO2. The summed E-state index contributed by atoms with van der Waals surface area (Å²) < 4.78 is 5.45. The molecule has 23 heavy (non-hydrogen) atoms. The van der Waals surface area contributed by atoms with E-state index < -0.39 is 0 Å². The van der Waals surface area contributed by atoms with E-state index in [2.05, 4.69) is 30.9 Å². The highest BCUT2D eigenvalue weighted by molar-refractivity contribution is 5.85. The van der Waals surface area contributed by atoms with Gasteiger partial charge in [0, 0.05) is 6.54 Å². The van der Waals surface area contributed by atoms with Crippen LogP contribution in [0.15, 0.2) is 24.3 Å². The molecular weight excluding hydrogens is 310 g/mol. The zero-order chi connectivity index (χ0) is 16.2. The van der Waals surface area contributed by atoms with Crippen molar-refractivity contribution in [3.63, 3.8) is 0 Å². The molecule has 0 spiro atoms. The van der Waals surface area contributed by atoms with Gasteiger partial charge in [-0.05, 0) is 57.0 Å². The molecule has 134 valence electrons. The van der Waals surface area contributed by atoms with Crippen LogP contribution in [-0.4, -0.2) is 42.4 Å². The van der Waals surface area contributed by atoms with Gasteiger partial charge in [0.2, 0.25) is 0 Å². The number of halogens is 1. The first-order valence-electron chi connectivity index (χ1n) is 8.81. The van der Waals surface area contributed by atoms with Crippen LogP contribution in [0.2, 0.25) is 0 Å². The Morgan fingerprint density at radius 1 is 1.00 bits per heavy atom. The van der Waals surface area contributed by atoms with Crippen LogP contribution in [0, 0.1) is 0 Å². The van der Waals surface area contributed by atoms with Crippen molar-refractivity contribution in [2.75, 3.05) is 26.2 Å². The zero-order valence-corrected chi connectivity index (χ0v) is 15.8. The van der Waals surface area contributed by atoms with E-state index in [4.69, 9.17) is 4.74 Å². The number of ether oxygens (including phenoxy) is 1. The lowest BCUT2D eigenvalue weighted by Gasteiger charge is -2.25. The molecule has 0 bridgehead atoms. The second-order valence-electron chi connectivity index (χ2n) is 5.94. The molecule has 0 aliphatic carbocycles. The van der Waals surface area contributed by atoms with Gasteiger partial charge in [0.25, 0.3) is 0 Å². The summed E-state index contributed by atoms with van der Waals surface area (Å²) in [5, 5.41) is 10.4. The highest BCUT2D eigenvalue weighted by Crippen LogP contribution is 2.14. The van der Waals surface area contributed by atoms with E-state index in [-0.39, 0.29) is 18.5 Å². The van der Waals surface area contributed by atoms with E-state index in [0.29, 0.717) is 13.0 Å². The van der Waals surface area contributed by atoms with Crippen molar-refractivity contribution < 1.29 is 9.84 Å². The van der Waals surface area contributed by atoms with Crippen LogP contribution < -0.4 is 4.74 Å². The lowest BCUT2D eigenvalue weighted by Crippen LogP contribution is -2.35. The van der Waals surface area contributed by atoms with Gasteiger partial charge in [-0.3, -0.25) is 0 Å². The smallest absolute Gasteiger partial charge is 0.119 e. The van der Waals surface area contributed by atoms with E-state index in [0.717, 1.165) is 25.4 Å². The zero-order valence-electron chi connectivity index (χ0n) is 15.0. The van der Waals surface area contributed by atoms with Crippen molar-refractivity contribution >= 4 is 12.4 Å². The Balaban J connectivity index is 0.00000484. The summed E-state index contributed by atoms with van der Waals surface area (Å²) >= 11 is 0. The highest BCUT2D eigenvalue weighted by atomic mass is 35.5. The van der Waals surface area contributed by atoms with Gasteiger partial charge < -0.3 is 14.7 Å². The fraction of sp³-hybridized carbons (Fsp3) is 0.684. The number of aliphatic hydroxyl groups is 1. The van der Waals surface area contributed by atoms with Gasteiger partial charge in [-0.2, -0.15) is 0 Å². The molecule has 0 saturated carbocycles. The summed E-state index contributed by atoms with van der Waals surface area (Å²) in [6.07, 6.45) is 5.24. The van der Waals surface area contributed by atoms with E-state index in [9.17, 15) is 5.11 Å². The Morgan fingerprint density at radius 2 is 1.57 bits per heavy atom. The largest absolute Gasteiger partial charge is 0.494 e. The number of aliphatic hydroxyl groups excluding tert-OH is 1. The molecule has 0 aliphatic heterocycles. The predicted molar refractivity (Wildman–Crippen MR) is 101 cm³/mol. The van der Waals surface area contributed by atoms with Gasteiger partial charge in [-0.15, -0.1) is 12.4 Å². The maximum Gasteiger partial charge on any atom is 0.119 e. The summed E-state index contributed by atoms with van der Waals surface area (Å²) in [7, 11) is 0. The van der Waals surface area contributed by atoms with Crippen LogP contribution in [0.1, 0.15) is 52.0 Å². The average Bonchev–Trinajstić information content (AvgIpc) is 2.52. The Morgan fingerprint density at radius 3 is 2.04 bits per heavy atom. The molecule has 1 atom stereocenters. The van der Waals surface area contributed by atoms with Crippen molar-refractivity contribution in [3.05, 3.63) is 29.8 Å². The molecule has 0 saturated heterocycles. The van der Waals surface area contributed by atoms with Crippen LogP contribution in [0.5, 0.6) is 5.75 Å². The third-order valence-corrected chi connectivity index (χ3v) is 3.83. The first-order chi connectivity index (χ1) is 10.7. The van der Waals surface area contributed by atoms with Crippen molar-refractivity contribution in [3.8, 4) is 5.75 Å². The second kappa shape index (κ2) is 13.6. The summed E-state index contributed by atoms with van der Waals surface area (Å²) in [5.74, 6) is 0.897. The first-order valence-corrected chi connectivity index (χ1v) is 8.81. The van der Waals surface area contributed by atoms with Crippen LogP contribution in [0.3, 0.4) is 0 Å². The lowest BCUT2D eigenvalue weighted by molar-refractivity contribution is 0.110. The monoisotopic (exact) mass is 343 g/mol. The van der Waals surface area contributed by atoms with Crippen molar-refractivity contribution in [1.82, 2.24) is 4.90 Å². The molecule has 1 rings (SSSR count). The molecule has 3 nitrogen and oxygen atoms in total. The van der Waals surface area contributed by atoms with Gasteiger partial charge >= 0.3 is 0 Å². The van der Waals surface area contributed by atoms with Crippen LogP contribution in [0.25, 0.3) is 0 Å². The Labute approximate surface area is 148 Å². The third kappa shape index (κ3) is 9.85. The molecule has 0 fully saturated rings. The molecule has 1 aromatic rings. The molecule has 1 unspecified atom stereocenters. The lowest BCUT2D eigenvalue weighted by atomic mass is 10.1. The molecule has 1 aromatic carbocycles. The first kappa shape index (κ1) is 22.2. The summed E-state index contributed by atoms with van der Waals surface area (Å²) in [6, 6.07) is 8.07. The topological polar surface area (TPSA) is 32.7 Å². The van der Waals surface area contributed by atoms with Gasteiger partial charge in [-0.1, -0.05) is 38.8 Å². The van der Waals surface area contributed by atoms with E-state index >= 15 is 0 Å². The Bertz CT molecular complexity index is 375. The third-order valence-electron chi connectivity index (χ3n) is 3.83. The summed E-state index contributed by atoms with van der Waals surface area (Å²) in [6.45, 7) is 10.1. The van der Waals surface area contributed by atoms with Crippen molar-refractivity contribution in [2.24, 2.45) is 0 Å². The van der Waals surface area contributed by atoms with Gasteiger partial charge in [0.05, 0.1) is 12.7 Å². The quantitative estimate of drug-likeness (QED) is 0.613. The molecule has 0 aliphatic rings. The van der Waals surface area contributed by atoms with Crippen molar-refractivity contribution in [1.29, 1.82) is 0 Å². The molecule has 4 heteroatoms. The highest BCUT2D eigenvalue weighted by Gasteiger charge is 2.12. The number of rotatable bonds is 12. The summed E-state index contributed by atoms with van der Waals surface area (Å²) in [4.78, 5) is 2.41. The fourth-order valence-electron chi connectivity index (χ4n) is 2.58. The van der Waals surface area contributed by atoms with Crippen LogP contribution in [0.4, 0.5) is 0 Å². The SMILES string of the molecule is CCCCN(CCCC)CC(O)Cc1ccc(OCC)cc1.Cl. The number of benzene rings is 1. The fourth-order valence-corrected chi connectivity index (χ4v) is 2.58. The molecule has 0 amide bonds. The molecule has 1 N–H and O–H groups in total. The van der Waals surface area contributed by atoms with Crippen LogP contribution in [-0.2, 0) is 6.42 Å². The number of nitrogens with zero attached hydrogens (tertiary/aromatic N) is 1. The number of hydrogen-bond donors (Lipinski definition) is 1. The van der Waals surface area contributed by atoms with E-state index in [1.54, 1.807) is 0 Å². The van der Waals surface area contributed by atoms with Gasteiger partial charge in [0.1, 0.15) is 5.75 Å². The average molecular weight is 344 g/mol.